The van der Waals surface area contributed by atoms with Gasteiger partial charge in [0.25, 0.3) is 0 Å². The molecule has 0 aromatic carbocycles. The van der Waals surface area contributed by atoms with Gasteiger partial charge in [-0.25, -0.2) is 0 Å². The fraction of sp³-hybridized carbons (Fsp3) is 0.889. The van der Waals surface area contributed by atoms with Crippen LogP contribution in [-0.2, 0) is 14.3 Å². The maximum atomic E-state index is 11.2. The topological polar surface area (TPSA) is 35.5 Å². The molecule has 2 saturated heterocycles. The third-order valence-corrected chi connectivity index (χ3v) is 3.97. The highest BCUT2D eigenvalue weighted by Gasteiger charge is 2.73. The Hall–Kier alpha value is -0.570. The van der Waals surface area contributed by atoms with E-state index in [2.05, 4.69) is 6.92 Å². The molecular formula is C9H12O3. The number of carbonyl (C=O) groups excluding carboxylic acids is 1. The molecule has 2 aliphatic heterocycles. The molecule has 2 heterocycles. The van der Waals surface area contributed by atoms with Gasteiger partial charge in [-0.1, -0.05) is 6.92 Å². The molecule has 0 bridgehead atoms. The van der Waals surface area contributed by atoms with Gasteiger partial charge in [-0.3, -0.25) is 4.79 Å². The van der Waals surface area contributed by atoms with Crippen LogP contribution in [0.1, 0.15) is 19.8 Å². The molecule has 3 nitrogen and oxygen atoms in total. The van der Waals surface area contributed by atoms with Crippen LogP contribution in [-0.4, -0.2) is 24.8 Å². The number of esters is 1. The van der Waals surface area contributed by atoms with Gasteiger partial charge in [0.15, 0.2) is 0 Å². The third kappa shape index (κ3) is 0.478. The maximum absolute atomic E-state index is 11.2. The van der Waals surface area contributed by atoms with E-state index in [4.69, 9.17) is 9.47 Å². The Labute approximate surface area is 71.0 Å². The van der Waals surface area contributed by atoms with Gasteiger partial charge < -0.3 is 9.47 Å². The molecule has 3 aliphatic rings. The Kier molecular flexibility index (Phi) is 0.971. The first kappa shape index (κ1) is 6.89. The lowest BCUT2D eigenvalue weighted by atomic mass is 9.52. The van der Waals surface area contributed by atoms with Crippen molar-refractivity contribution in [2.24, 2.45) is 11.3 Å². The zero-order valence-electron chi connectivity index (χ0n) is 7.13. The van der Waals surface area contributed by atoms with Crippen molar-refractivity contribution < 1.29 is 14.3 Å². The summed E-state index contributed by atoms with van der Waals surface area (Å²) in [7, 11) is 0. The Morgan fingerprint density at radius 1 is 1.58 bits per heavy atom. The van der Waals surface area contributed by atoms with Gasteiger partial charge in [0, 0.05) is 12.0 Å². The molecular weight excluding hydrogens is 156 g/mol. The zero-order valence-corrected chi connectivity index (χ0v) is 7.13. The van der Waals surface area contributed by atoms with Crippen molar-refractivity contribution in [3.63, 3.8) is 0 Å². The van der Waals surface area contributed by atoms with Crippen molar-refractivity contribution in [2.45, 2.75) is 25.4 Å². The second-order valence-corrected chi connectivity index (χ2v) is 4.41. The highest BCUT2D eigenvalue weighted by molar-refractivity contribution is 5.79. The molecule has 3 atom stereocenters. The van der Waals surface area contributed by atoms with E-state index in [1.807, 2.05) is 0 Å². The molecule has 1 spiro atoms. The highest BCUT2D eigenvalue weighted by atomic mass is 16.6. The summed E-state index contributed by atoms with van der Waals surface area (Å²) in [5.41, 5.74) is 0.00785. The van der Waals surface area contributed by atoms with E-state index >= 15 is 0 Å². The number of hydrogen-bond donors (Lipinski definition) is 0. The van der Waals surface area contributed by atoms with E-state index in [9.17, 15) is 4.79 Å². The molecule has 1 aliphatic carbocycles. The predicted molar refractivity (Wildman–Crippen MR) is 40.5 cm³/mol. The zero-order chi connectivity index (χ0) is 8.40. The van der Waals surface area contributed by atoms with E-state index in [1.54, 1.807) is 0 Å². The van der Waals surface area contributed by atoms with E-state index < -0.39 is 0 Å². The highest BCUT2D eigenvalue weighted by Crippen LogP contribution is 2.64. The van der Waals surface area contributed by atoms with Crippen molar-refractivity contribution >= 4 is 5.97 Å². The minimum atomic E-state index is -0.218. The summed E-state index contributed by atoms with van der Waals surface area (Å²) in [6.45, 7) is 3.50. The molecule has 0 aromatic heterocycles. The summed E-state index contributed by atoms with van der Waals surface area (Å²) < 4.78 is 10.7. The van der Waals surface area contributed by atoms with Gasteiger partial charge in [-0.15, -0.1) is 0 Å². The summed E-state index contributed by atoms with van der Waals surface area (Å²) in [6.07, 6.45) is 2.05. The molecule has 0 amide bonds. The summed E-state index contributed by atoms with van der Waals surface area (Å²) in [5, 5.41) is 0. The fourth-order valence-corrected chi connectivity index (χ4v) is 2.99. The second kappa shape index (κ2) is 1.69. The van der Waals surface area contributed by atoms with Crippen LogP contribution >= 0.6 is 0 Å². The number of hydrogen-bond acceptors (Lipinski definition) is 3. The van der Waals surface area contributed by atoms with Crippen LogP contribution in [0.25, 0.3) is 0 Å². The summed E-state index contributed by atoms with van der Waals surface area (Å²) in [6, 6.07) is 0. The fourth-order valence-electron chi connectivity index (χ4n) is 2.99. The summed E-state index contributed by atoms with van der Waals surface area (Å²) in [4.78, 5) is 11.2. The smallest absolute Gasteiger partial charge is 0.312 e. The molecule has 3 rings (SSSR count). The molecule has 12 heavy (non-hydrogen) atoms. The second-order valence-electron chi connectivity index (χ2n) is 4.41. The van der Waals surface area contributed by atoms with Gasteiger partial charge in [-0.2, -0.15) is 0 Å². The predicted octanol–water partition coefficient (Wildman–Crippen LogP) is 0.729. The first-order chi connectivity index (χ1) is 5.68. The van der Waals surface area contributed by atoms with Crippen LogP contribution in [0.5, 0.6) is 0 Å². The first-order valence-electron chi connectivity index (χ1n) is 4.49. The number of rotatable bonds is 0. The van der Waals surface area contributed by atoms with E-state index in [1.165, 1.54) is 0 Å². The van der Waals surface area contributed by atoms with Crippen LogP contribution < -0.4 is 0 Å². The van der Waals surface area contributed by atoms with Gasteiger partial charge in [0.1, 0.15) is 12.2 Å². The molecule has 0 radical (unpaired) electrons. The molecule has 0 N–H and O–H groups in total. The van der Waals surface area contributed by atoms with Crippen LogP contribution in [0.15, 0.2) is 0 Å². The molecule has 66 valence electrons. The molecule has 0 aromatic rings. The van der Waals surface area contributed by atoms with E-state index in [0.717, 1.165) is 19.4 Å². The number of cyclic esters (lactones) is 1. The average Bonchev–Trinajstić information content (AvgIpc) is 2.41. The molecule has 3 heteroatoms. The third-order valence-electron chi connectivity index (χ3n) is 3.97. The minimum Gasteiger partial charge on any atom is -0.462 e. The molecule has 3 fully saturated rings. The summed E-state index contributed by atoms with van der Waals surface area (Å²) in [5.74, 6) is -0.000579. The lowest BCUT2D eigenvalue weighted by Gasteiger charge is -2.51. The van der Waals surface area contributed by atoms with Gasteiger partial charge >= 0.3 is 5.97 Å². The Balaban J connectivity index is 2.03. The van der Waals surface area contributed by atoms with Crippen LogP contribution in [0.4, 0.5) is 0 Å². The normalized spacial score (nSPS) is 55.8. The largest absolute Gasteiger partial charge is 0.462 e. The van der Waals surface area contributed by atoms with Crippen molar-refractivity contribution in [2.75, 3.05) is 13.2 Å². The Bertz CT molecular complexity index is 262. The maximum Gasteiger partial charge on any atom is 0.312 e. The van der Waals surface area contributed by atoms with Crippen molar-refractivity contribution in [1.29, 1.82) is 0 Å². The van der Waals surface area contributed by atoms with Crippen molar-refractivity contribution in [3.8, 4) is 0 Å². The quantitative estimate of drug-likeness (QED) is 0.500. The van der Waals surface area contributed by atoms with Crippen LogP contribution in [0, 0.1) is 11.3 Å². The Morgan fingerprint density at radius 3 is 3.08 bits per heavy atom. The van der Waals surface area contributed by atoms with Crippen LogP contribution in [0.3, 0.4) is 0 Å². The number of carbonyl (C=O) groups is 1. The monoisotopic (exact) mass is 168 g/mol. The van der Waals surface area contributed by atoms with Gasteiger partial charge in [0.05, 0.1) is 5.92 Å². The summed E-state index contributed by atoms with van der Waals surface area (Å²) >= 11 is 0. The van der Waals surface area contributed by atoms with E-state index in [0.29, 0.717) is 6.61 Å². The lowest BCUT2D eigenvalue weighted by molar-refractivity contribution is -0.165. The van der Waals surface area contributed by atoms with Crippen molar-refractivity contribution in [1.82, 2.24) is 0 Å². The molecule has 0 unspecified atom stereocenters. The SMILES string of the molecule is C[C@]12CCO[C@]13COC(=O)[C@@H]3C2. The van der Waals surface area contributed by atoms with Crippen LogP contribution in [0.2, 0.25) is 0 Å². The average molecular weight is 168 g/mol. The molecule has 1 saturated carbocycles. The first-order valence-corrected chi connectivity index (χ1v) is 4.49. The van der Waals surface area contributed by atoms with Crippen molar-refractivity contribution in [3.05, 3.63) is 0 Å². The Morgan fingerprint density at radius 2 is 2.42 bits per heavy atom. The lowest BCUT2D eigenvalue weighted by Crippen LogP contribution is -2.60. The standard InChI is InChI=1S/C9H12O3/c1-8-2-3-12-9(8)5-11-7(10)6(9)4-8/h6H,2-5H2,1H3/t6-,8+,9-/m0/s1. The minimum absolute atomic E-state index is 0.0463. The van der Waals surface area contributed by atoms with E-state index in [-0.39, 0.29) is 22.9 Å². The van der Waals surface area contributed by atoms with Gasteiger partial charge in [0.2, 0.25) is 0 Å². The van der Waals surface area contributed by atoms with Gasteiger partial charge in [-0.05, 0) is 12.8 Å². The number of ether oxygens (including phenoxy) is 2.